The van der Waals surface area contributed by atoms with E-state index in [1.807, 2.05) is 17.9 Å². The van der Waals surface area contributed by atoms with Gasteiger partial charge in [0.1, 0.15) is 5.82 Å². The first-order valence-electron chi connectivity index (χ1n) is 7.06. The molecule has 5 nitrogen and oxygen atoms in total. The molecular formula is C14H21N5S. The smallest absolute Gasteiger partial charge is 0.127 e. The van der Waals surface area contributed by atoms with E-state index in [2.05, 4.69) is 38.7 Å². The third-order valence-electron chi connectivity index (χ3n) is 3.98. The van der Waals surface area contributed by atoms with Crippen molar-refractivity contribution in [3.63, 3.8) is 0 Å². The van der Waals surface area contributed by atoms with Crippen LogP contribution in [0.2, 0.25) is 0 Å². The summed E-state index contributed by atoms with van der Waals surface area (Å²) in [6, 6.07) is 0.372. The molecule has 0 saturated carbocycles. The van der Waals surface area contributed by atoms with Gasteiger partial charge < -0.3 is 9.88 Å². The Kier molecular flexibility index (Phi) is 4.14. The molecule has 1 atom stereocenters. The predicted octanol–water partition coefficient (Wildman–Crippen LogP) is 1.37. The molecule has 0 radical (unpaired) electrons. The first-order chi connectivity index (χ1) is 9.75. The van der Waals surface area contributed by atoms with Gasteiger partial charge in [-0.2, -0.15) is 0 Å². The molecule has 108 valence electrons. The number of aryl methyl sites for hydroxylation is 2. The molecule has 0 amide bonds. The van der Waals surface area contributed by atoms with Crippen molar-refractivity contribution in [2.45, 2.75) is 19.4 Å². The highest BCUT2D eigenvalue weighted by atomic mass is 32.1. The topological polar surface area (TPSA) is 46.0 Å². The second kappa shape index (κ2) is 6.03. The Morgan fingerprint density at radius 2 is 2.35 bits per heavy atom. The van der Waals surface area contributed by atoms with Crippen LogP contribution in [0.3, 0.4) is 0 Å². The molecule has 1 fully saturated rings. The molecule has 6 heteroatoms. The standard InChI is InChI=1S/C14H21N5S/c1-11-13(20-10-17-11)3-6-19-8-4-15-9-12(19)14-16-5-7-18(14)2/h5,7,10,12,15H,3-4,6,8-9H2,1-2H3. The van der Waals surface area contributed by atoms with Crippen molar-refractivity contribution in [3.05, 3.63) is 34.3 Å². The van der Waals surface area contributed by atoms with Gasteiger partial charge in [0.2, 0.25) is 0 Å². The highest BCUT2D eigenvalue weighted by molar-refractivity contribution is 7.09. The lowest BCUT2D eigenvalue weighted by Crippen LogP contribution is -2.47. The average Bonchev–Trinajstić information content (AvgIpc) is 3.06. The Bertz CT molecular complexity index is 561. The first-order valence-corrected chi connectivity index (χ1v) is 7.94. The van der Waals surface area contributed by atoms with Gasteiger partial charge in [-0.05, 0) is 13.3 Å². The van der Waals surface area contributed by atoms with Gasteiger partial charge in [-0.3, -0.25) is 4.90 Å². The molecule has 3 rings (SSSR count). The largest absolute Gasteiger partial charge is 0.337 e. The third-order valence-corrected chi connectivity index (χ3v) is 4.98. The highest BCUT2D eigenvalue weighted by Gasteiger charge is 2.26. The van der Waals surface area contributed by atoms with Gasteiger partial charge in [-0.25, -0.2) is 9.97 Å². The van der Waals surface area contributed by atoms with E-state index in [0.29, 0.717) is 6.04 Å². The molecule has 3 heterocycles. The molecule has 2 aromatic heterocycles. The van der Waals surface area contributed by atoms with Crippen LogP contribution in [-0.2, 0) is 13.5 Å². The number of rotatable bonds is 4. The maximum atomic E-state index is 4.52. The zero-order valence-electron chi connectivity index (χ0n) is 12.0. The fourth-order valence-corrected chi connectivity index (χ4v) is 3.55. The van der Waals surface area contributed by atoms with E-state index in [9.17, 15) is 0 Å². The molecule has 1 N–H and O–H groups in total. The second-order valence-electron chi connectivity index (χ2n) is 5.26. The number of hydrogen-bond acceptors (Lipinski definition) is 5. The number of imidazole rings is 1. The summed E-state index contributed by atoms with van der Waals surface area (Å²) in [7, 11) is 2.07. The molecule has 0 bridgehead atoms. The normalized spacial score (nSPS) is 20.4. The van der Waals surface area contributed by atoms with E-state index in [-0.39, 0.29) is 0 Å². The molecule has 1 aliphatic heterocycles. The van der Waals surface area contributed by atoms with Gasteiger partial charge in [-0.15, -0.1) is 11.3 Å². The Hall–Kier alpha value is -1.24. The maximum absolute atomic E-state index is 4.52. The van der Waals surface area contributed by atoms with Crippen LogP contribution in [0.15, 0.2) is 17.9 Å². The minimum atomic E-state index is 0.372. The van der Waals surface area contributed by atoms with Crippen LogP contribution in [0.4, 0.5) is 0 Å². The summed E-state index contributed by atoms with van der Waals surface area (Å²) in [5, 5.41) is 3.48. The molecular weight excluding hydrogens is 270 g/mol. The van der Waals surface area contributed by atoms with E-state index in [0.717, 1.165) is 38.4 Å². The fraction of sp³-hybridized carbons (Fsp3) is 0.571. The van der Waals surface area contributed by atoms with Gasteiger partial charge in [0.15, 0.2) is 0 Å². The molecule has 2 aromatic rings. The van der Waals surface area contributed by atoms with Crippen molar-refractivity contribution >= 4 is 11.3 Å². The summed E-state index contributed by atoms with van der Waals surface area (Å²) in [6.45, 7) is 6.28. The van der Waals surface area contributed by atoms with Crippen LogP contribution in [0.1, 0.15) is 22.4 Å². The Morgan fingerprint density at radius 3 is 3.05 bits per heavy atom. The fourth-order valence-electron chi connectivity index (χ4n) is 2.78. The van der Waals surface area contributed by atoms with Crippen LogP contribution in [0, 0.1) is 6.92 Å². The van der Waals surface area contributed by atoms with Gasteiger partial charge in [0.05, 0.1) is 17.2 Å². The summed E-state index contributed by atoms with van der Waals surface area (Å²) in [6.07, 6.45) is 4.99. The zero-order chi connectivity index (χ0) is 13.9. The van der Waals surface area contributed by atoms with Crippen molar-refractivity contribution in [2.24, 2.45) is 7.05 Å². The van der Waals surface area contributed by atoms with Crippen LogP contribution < -0.4 is 5.32 Å². The van der Waals surface area contributed by atoms with Crippen molar-refractivity contribution in [1.29, 1.82) is 0 Å². The van der Waals surface area contributed by atoms with Crippen molar-refractivity contribution in [2.75, 3.05) is 26.2 Å². The van der Waals surface area contributed by atoms with Crippen molar-refractivity contribution in [1.82, 2.24) is 24.8 Å². The van der Waals surface area contributed by atoms with Crippen LogP contribution in [0.5, 0.6) is 0 Å². The minimum Gasteiger partial charge on any atom is -0.337 e. The van der Waals surface area contributed by atoms with Crippen molar-refractivity contribution in [3.8, 4) is 0 Å². The molecule has 0 spiro atoms. The van der Waals surface area contributed by atoms with E-state index < -0.39 is 0 Å². The van der Waals surface area contributed by atoms with Gasteiger partial charge in [0, 0.05) is 50.5 Å². The third kappa shape index (κ3) is 2.77. The monoisotopic (exact) mass is 291 g/mol. The Morgan fingerprint density at radius 1 is 1.45 bits per heavy atom. The van der Waals surface area contributed by atoms with Gasteiger partial charge >= 0.3 is 0 Å². The lowest BCUT2D eigenvalue weighted by Gasteiger charge is -2.35. The summed E-state index contributed by atoms with van der Waals surface area (Å²) in [5.41, 5.74) is 3.12. The first kappa shape index (κ1) is 13.7. The molecule has 0 aromatic carbocycles. The molecule has 20 heavy (non-hydrogen) atoms. The molecule has 1 aliphatic rings. The van der Waals surface area contributed by atoms with Gasteiger partial charge in [-0.1, -0.05) is 0 Å². The summed E-state index contributed by atoms with van der Waals surface area (Å²) < 4.78 is 2.13. The molecule has 1 unspecified atom stereocenters. The van der Waals surface area contributed by atoms with E-state index in [1.54, 1.807) is 11.3 Å². The number of piperazine rings is 1. The number of thiazole rings is 1. The lowest BCUT2D eigenvalue weighted by atomic mass is 10.1. The van der Waals surface area contributed by atoms with Crippen LogP contribution in [-0.4, -0.2) is 45.6 Å². The summed E-state index contributed by atoms with van der Waals surface area (Å²) >= 11 is 1.77. The zero-order valence-corrected chi connectivity index (χ0v) is 12.9. The Balaban J connectivity index is 1.70. The Labute approximate surface area is 123 Å². The average molecular weight is 291 g/mol. The lowest BCUT2D eigenvalue weighted by molar-refractivity contribution is 0.155. The maximum Gasteiger partial charge on any atom is 0.127 e. The molecule has 1 saturated heterocycles. The highest BCUT2D eigenvalue weighted by Crippen LogP contribution is 2.22. The van der Waals surface area contributed by atoms with Crippen molar-refractivity contribution < 1.29 is 0 Å². The van der Waals surface area contributed by atoms with Crippen LogP contribution >= 0.6 is 11.3 Å². The number of hydrogen-bond donors (Lipinski definition) is 1. The quantitative estimate of drug-likeness (QED) is 0.924. The minimum absolute atomic E-state index is 0.372. The molecule has 0 aliphatic carbocycles. The number of aromatic nitrogens is 3. The van der Waals surface area contributed by atoms with Gasteiger partial charge in [0.25, 0.3) is 0 Å². The van der Waals surface area contributed by atoms with E-state index >= 15 is 0 Å². The van der Waals surface area contributed by atoms with Crippen LogP contribution in [0.25, 0.3) is 0 Å². The summed E-state index contributed by atoms with van der Waals surface area (Å²) in [4.78, 5) is 12.8. The van der Waals surface area contributed by atoms with E-state index in [1.165, 1.54) is 10.6 Å². The summed E-state index contributed by atoms with van der Waals surface area (Å²) in [5.74, 6) is 1.15. The number of nitrogens with one attached hydrogen (secondary N) is 1. The predicted molar refractivity (Wildman–Crippen MR) is 80.9 cm³/mol. The van der Waals surface area contributed by atoms with E-state index in [4.69, 9.17) is 0 Å². The second-order valence-corrected chi connectivity index (χ2v) is 6.20. The number of nitrogens with zero attached hydrogens (tertiary/aromatic N) is 4. The SMILES string of the molecule is Cc1ncsc1CCN1CCNCC1c1nccn1C.